The number of hydrogen-bond acceptors (Lipinski definition) is 3. The van der Waals surface area contributed by atoms with Gasteiger partial charge >= 0.3 is 6.03 Å². The van der Waals surface area contributed by atoms with E-state index < -0.39 is 0 Å². The van der Waals surface area contributed by atoms with Gasteiger partial charge in [-0.2, -0.15) is 5.10 Å². The lowest BCUT2D eigenvalue weighted by atomic mass is 10.3. The van der Waals surface area contributed by atoms with Crippen molar-refractivity contribution in [3.63, 3.8) is 0 Å². The van der Waals surface area contributed by atoms with Crippen LogP contribution < -0.4 is 5.32 Å². The number of aromatic nitrogens is 4. The standard InChI is InChI=1S/C18H22N6O/c1-13-4-3-5-17-21-15(12-23(13)17)9-19-18(25)24(16-6-7-16)11-14-8-20-22(2)10-14/h3-5,8,10,12,16H,6-7,9,11H2,1-2H3,(H,19,25). The van der Waals surface area contributed by atoms with E-state index in [1.165, 1.54) is 0 Å². The molecule has 3 aromatic rings. The third-order valence-electron chi connectivity index (χ3n) is 4.53. The average molecular weight is 338 g/mol. The molecule has 130 valence electrons. The smallest absolute Gasteiger partial charge is 0.318 e. The Balaban J connectivity index is 1.43. The Kier molecular flexibility index (Phi) is 3.91. The lowest BCUT2D eigenvalue weighted by Crippen LogP contribution is -2.40. The Labute approximate surface area is 146 Å². The number of urea groups is 1. The van der Waals surface area contributed by atoms with Crippen LogP contribution in [0.5, 0.6) is 0 Å². The summed E-state index contributed by atoms with van der Waals surface area (Å²) < 4.78 is 3.80. The quantitative estimate of drug-likeness (QED) is 0.776. The molecule has 0 aromatic carbocycles. The summed E-state index contributed by atoms with van der Waals surface area (Å²) in [6.45, 7) is 3.06. The van der Waals surface area contributed by atoms with Gasteiger partial charge in [0, 0.05) is 36.7 Å². The molecule has 7 heteroatoms. The molecule has 7 nitrogen and oxygen atoms in total. The number of imidazole rings is 1. The van der Waals surface area contributed by atoms with Crippen LogP contribution in [0, 0.1) is 6.92 Å². The van der Waals surface area contributed by atoms with Crippen molar-refractivity contribution in [2.75, 3.05) is 0 Å². The van der Waals surface area contributed by atoms with Gasteiger partial charge in [0.15, 0.2) is 0 Å². The number of nitrogens with one attached hydrogen (secondary N) is 1. The van der Waals surface area contributed by atoms with Crippen molar-refractivity contribution in [1.29, 1.82) is 0 Å². The first-order chi connectivity index (χ1) is 12.1. The molecule has 0 bridgehead atoms. The fourth-order valence-electron chi connectivity index (χ4n) is 3.05. The van der Waals surface area contributed by atoms with Crippen molar-refractivity contribution in [2.24, 2.45) is 7.05 Å². The third kappa shape index (κ3) is 3.35. The Hall–Kier alpha value is -2.83. The minimum absolute atomic E-state index is 0.0415. The molecule has 1 aliphatic carbocycles. The fraction of sp³-hybridized carbons (Fsp3) is 0.389. The van der Waals surface area contributed by atoms with E-state index >= 15 is 0 Å². The summed E-state index contributed by atoms with van der Waals surface area (Å²) in [4.78, 5) is 19.1. The zero-order valence-electron chi connectivity index (χ0n) is 14.5. The number of aryl methyl sites for hydroxylation is 2. The van der Waals surface area contributed by atoms with Crippen LogP contribution in [0.1, 0.15) is 29.8 Å². The Morgan fingerprint density at radius 3 is 2.88 bits per heavy atom. The first kappa shape index (κ1) is 15.7. The number of fused-ring (bicyclic) bond motifs is 1. The molecule has 4 rings (SSSR count). The SMILES string of the molecule is Cc1cccc2nc(CNC(=O)N(Cc3cnn(C)c3)C3CC3)cn12. The van der Waals surface area contributed by atoms with Crippen molar-refractivity contribution in [3.05, 3.63) is 53.7 Å². The summed E-state index contributed by atoms with van der Waals surface area (Å²) in [5.41, 5.74) is 3.94. The molecule has 1 saturated carbocycles. The zero-order chi connectivity index (χ0) is 17.4. The van der Waals surface area contributed by atoms with Crippen LogP contribution >= 0.6 is 0 Å². The summed E-state index contributed by atoms with van der Waals surface area (Å²) >= 11 is 0. The summed E-state index contributed by atoms with van der Waals surface area (Å²) in [6, 6.07) is 6.29. The van der Waals surface area contributed by atoms with Crippen LogP contribution in [0.3, 0.4) is 0 Å². The predicted molar refractivity (Wildman–Crippen MR) is 93.9 cm³/mol. The summed E-state index contributed by atoms with van der Waals surface area (Å²) in [7, 11) is 1.89. The largest absolute Gasteiger partial charge is 0.332 e. The first-order valence-corrected chi connectivity index (χ1v) is 8.56. The molecule has 2 amide bonds. The topological polar surface area (TPSA) is 67.5 Å². The number of hydrogen-bond donors (Lipinski definition) is 1. The maximum atomic E-state index is 12.6. The van der Waals surface area contributed by atoms with E-state index in [0.29, 0.717) is 19.1 Å². The second-order valence-corrected chi connectivity index (χ2v) is 6.67. The van der Waals surface area contributed by atoms with Crippen molar-refractivity contribution in [1.82, 2.24) is 29.4 Å². The highest BCUT2D eigenvalue weighted by atomic mass is 16.2. The van der Waals surface area contributed by atoms with Crippen molar-refractivity contribution >= 4 is 11.7 Å². The van der Waals surface area contributed by atoms with Crippen LogP contribution in [0.4, 0.5) is 4.79 Å². The molecule has 1 N–H and O–H groups in total. The molecule has 0 spiro atoms. The molecule has 3 heterocycles. The van der Waals surface area contributed by atoms with Crippen molar-refractivity contribution in [2.45, 2.75) is 38.9 Å². The molecule has 0 radical (unpaired) electrons. The molecular weight excluding hydrogens is 316 g/mol. The lowest BCUT2D eigenvalue weighted by Gasteiger charge is -2.22. The normalized spacial score (nSPS) is 14.0. The lowest BCUT2D eigenvalue weighted by molar-refractivity contribution is 0.191. The van der Waals surface area contributed by atoms with Crippen molar-refractivity contribution in [3.8, 4) is 0 Å². The van der Waals surface area contributed by atoms with Gasteiger partial charge in [-0.3, -0.25) is 4.68 Å². The molecule has 1 aliphatic rings. The number of carbonyl (C=O) groups excluding carboxylic acids is 1. The molecule has 3 aromatic heterocycles. The van der Waals surface area contributed by atoms with E-state index in [4.69, 9.17) is 0 Å². The number of carbonyl (C=O) groups is 1. The number of nitrogens with zero attached hydrogens (tertiary/aromatic N) is 5. The fourth-order valence-corrected chi connectivity index (χ4v) is 3.05. The molecular formula is C18H22N6O. The zero-order valence-corrected chi connectivity index (χ0v) is 14.5. The van der Waals surface area contributed by atoms with Gasteiger partial charge in [0.05, 0.1) is 25.0 Å². The predicted octanol–water partition coefficient (Wildman–Crippen LogP) is 2.25. The van der Waals surface area contributed by atoms with E-state index in [1.54, 1.807) is 4.68 Å². The van der Waals surface area contributed by atoms with Gasteiger partial charge in [0.2, 0.25) is 0 Å². The molecule has 0 unspecified atom stereocenters. The molecule has 1 fully saturated rings. The van der Waals surface area contributed by atoms with Crippen molar-refractivity contribution < 1.29 is 4.79 Å². The maximum Gasteiger partial charge on any atom is 0.318 e. The second-order valence-electron chi connectivity index (χ2n) is 6.67. The monoisotopic (exact) mass is 338 g/mol. The summed E-state index contributed by atoms with van der Waals surface area (Å²) in [5, 5.41) is 7.19. The minimum atomic E-state index is -0.0415. The van der Waals surface area contributed by atoms with Crippen LogP contribution in [0.2, 0.25) is 0 Å². The van der Waals surface area contributed by atoms with Gasteiger partial charge in [-0.25, -0.2) is 9.78 Å². The van der Waals surface area contributed by atoms with Gasteiger partial charge in [0.1, 0.15) is 5.65 Å². The highest BCUT2D eigenvalue weighted by Crippen LogP contribution is 2.28. The molecule has 25 heavy (non-hydrogen) atoms. The number of amides is 2. The van der Waals surface area contributed by atoms with Crippen LogP contribution in [0.15, 0.2) is 36.8 Å². The van der Waals surface area contributed by atoms with Gasteiger partial charge in [-0.1, -0.05) is 6.07 Å². The van der Waals surface area contributed by atoms with E-state index in [1.807, 2.05) is 60.1 Å². The van der Waals surface area contributed by atoms with Gasteiger partial charge in [-0.05, 0) is 31.9 Å². The Morgan fingerprint density at radius 1 is 1.36 bits per heavy atom. The van der Waals surface area contributed by atoms with Crippen LogP contribution in [-0.4, -0.2) is 36.1 Å². The van der Waals surface area contributed by atoms with Gasteiger partial charge in [0.25, 0.3) is 0 Å². The van der Waals surface area contributed by atoms with Crippen LogP contribution in [-0.2, 0) is 20.1 Å². The second kappa shape index (κ2) is 6.23. The summed E-state index contributed by atoms with van der Waals surface area (Å²) in [6.07, 6.45) is 7.89. The van der Waals surface area contributed by atoms with Gasteiger partial charge < -0.3 is 14.6 Å². The number of pyridine rings is 1. The highest BCUT2D eigenvalue weighted by molar-refractivity contribution is 5.74. The van der Waals surface area contributed by atoms with E-state index in [0.717, 1.165) is 35.4 Å². The third-order valence-corrected chi connectivity index (χ3v) is 4.53. The summed E-state index contributed by atoms with van der Waals surface area (Å²) in [5.74, 6) is 0. The Bertz CT molecular complexity index is 907. The average Bonchev–Trinajstić information content (AvgIpc) is 3.20. The minimum Gasteiger partial charge on any atom is -0.332 e. The van der Waals surface area contributed by atoms with Gasteiger partial charge in [-0.15, -0.1) is 0 Å². The van der Waals surface area contributed by atoms with E-state index in [2.05, 4.69) is 15.4 Å². The van der Waals surface area contributed by atoms with E-state index in [9.17, 15) is 4.79 Å². The Morgan fingerprint density at radius 2 is 2.20 bits per heavy atom. The molecule has 0 saturated heterocycles. The highest BCUT2D eigenvalue weighted by Gasteiger charge is 2.32. The van der Waals surface area contributed by atoms with Crippen LogP contribution in [0.25, 0.3) is 5.65 Å². The molecule has 0 atom stereocenters. The van der Waals surface area contributed by atoms with E-state index in [-0.39, 0.29) is 6.03 Å². The maximum absolute atomic E-state index is 12.6. The first-order valence-electron chi connectivity index (χ1n) is 8.56. The molecule has 0 aliphatic heterocycles. The number of rotatable bonds is 5.